The zero-order valence-corrected chi connectivity index (χ0v) is 16.9. The predicted octanol–water partition coefficient (Wildman–Crippen LogP) is 6.74. The molecule has 0 radical (unpaired) electrons. The van der Waals surface area contributed by atoms with Crippen molar-refractivity contribution in [2.75, 3.05) is 0 Å². The smallest absolute Gasteiger partial charge is 0.289 e. The summed E-state index contributed by atoms with van der Waals surface area (Å²) < 4.78 is 175. The molecule has 0 saturated heterocycles. The highest BCUT2D eigenvalue weighted by Gasteiger charge is 2.91. The first-order valence-electron chi connectivity index (χ1n) is 8.78. The van der Waals surface area contributed by atoms with Crippen molar-refractivity contribution in [1.82, 2.24) is 0 Å². The number of Topliss-reactive ketones (excluding diaryl/α,β-unsaturated/α-hetero) is 2. The highest BCUT2D eigenvalue weighted by molar-refractivity contribution is 6.28. The molecule has 2 nitrogen and oxygen atoms in total. The van der Waals surface area contributed by atoms with E-state index < -0.39 is 69.6 Å². The Kier molecular flexibility index (Phi) is 6.05. The van der Waals surface area contributed by atoms with Crippen LogP contribution < -0.4 is 0 Å². The summed E-state index contributed by atoms with van der Waals surface area (Å²) in [5, 5.41) is 0. The van der Waals surface area contributed by atoms with Gasteiger partial charge in [0.25, 0.3) is 0 Å². The number of hydrogen-bond acceptors (Lipinski definition) is 2. The lowest BCUT2D eigenvalue weighted by Crippen LogP contribution is -2.70. The predicted molar refractivity (Wildman–Crippen MR) is 88.1 cm³/mol. The number of rotatable bonds is 5. The lowest BCUT2D eigenvalue weighted by atomic mass is 9.77. The average Bonchev–Trinajstić information content (AvgIpc) is 2.66. The largest absolute Gasteiger partial charge is 0.460 e. The molecule has 1 aromatic rings. The van der Waals surface area contributed by atoms with Crippen molar-refractivity contribution in [1.29, 1.82) is 0 Å². The molecule has 1 aliphatic rings. The van der Waals surface area contributed by atoms with Gasteiger partial charge in [-0.05, 0) is 31.9 Å². The third-order valence-corrected chi connectivity index (χ3v) is 5.40. The lowest BCUT2D eigenvalue weighted by Gasteiger charge is -2.40. The summed E-state index contributed by atoms with van der Waals surface area (Å²) in [5.74, 6) is -42.3. The number of hydrogen-bond donors (Lipinski definition) is 0. The fraction of sp³-hybridized carbons (Fsp3) is 0.474. The second kappa shape index (κ2) is 7.44. The van der Waals surface area contributed by atoms with E-state index in [2.05, 4.69) is 0 Å². The van der Waals surface area contributed by atoms with E-state index in [0.717, 1.165) is 6.07 Å². The van der Waals surface area contributed by atoms with E-state index in [4.69, 9.17) is 0 Å². The number of carbonyl (C=O) groups excluding carboxylic acids is 2. The van der Waals surface area contributed by atoms with Crippen LogP contribution in [0.1, 0.15) is 38.8 Å². The molecule has 34 heavy (non-hydrogen) atoms. The quantitative estimate of drug-likeness (QED) is 0.405. The summed E-state index contributed by atoms with van der Waals surface area (Å²) in [6.07, 6.45) is -7.55. The Balaban J connectivity index is 2.78. The first-order valence-corrected chi connectivity index (χ1v) is 8.78. The van der Waals surface area contributed by atoms with Crippen LogP contribution in [-0.2, 0) is 0 Å². The highest BCUT2D eigenvalue weighted by Crippen LogP contribution is 2.61. The Morgan fingerprint density at radius 3 is 1.47 bits per heavy atom. The minimum Gasteiger partial charge on any atom is -0.289 e. The molecule has 1 aromatic carbocycles. The zero-order valence-electron chi connectivity index (χ0n) is 16.9. The van der Waals surface area contributed by atoms with Gasteiger partial charge in [-0.25, -0.2) is 0 Å². The second-order valence-corrected chi connectivity index (χ2v) is 7.46. The molecule has 0 spiro atoms. The van der Waals surface area contributed by atoms with E-state index in [-0.39, 0.29) is 12.5 Å². The van der Waals surface area contributed by atoms with E-state index in [0.29, 0.717) is 11.6 Å². The Bertz CT molecular complexity index is 1090. The maximum Gasteiger partial charge on any atom is 0.460 e. The van der Waals surface area contributed by atoms with Gasteiger partial charge in [0.1, 0.15) is 0 Å². The molecule has 190 valence electrons. The van der Waals surface area contributed by atoms with Crippen molar-refractivity contribution in [2.24, 2.45) is 0 Å². The number of aryl methyl sites for hydroxylation is 1. The minimum atomic E-state index is -8.10. The van der Waals surface area contributed by atoms with Crippen molar-refractivity contribution in [3.05, 3.63) is 45.5 Å². The first-order chi connectivity index (χ1) is 14.9. The molecular weight excluding hydrogens is 507 g/mol. The van der Waals surface area contributed by atoms with Gasteiger partial charge in [-0.2, -0.15) is 57.1 Å². The van der Waals surface area contributed by atoms with Gasteiger partial charge in [-0.3, -0.25) is 9.59 Å². The number of halogens is 13. The average molecular weight is 518 g/mol. The van der Waals surface area contributed by atoms with Gasteiger partial charge in [0.05, 0.1) is 5.57 Å². The molecule has 0 unspecified atom stereocenters. The molecule has 0 aliphatic heterocycles. The molecule has 2 rings (SSSR count). The molecule has 0 bridgehead atoms. The summed E-state index contributed by atoms with van der Waals surface area (Å²) in [4.78, 5) is 24.9. The maximum absolute atomic E-state index is 14.6. The van der Waals surface area contributed by atoms with Crippen molar-refractivity contribution < 1.29 is 66.7 Å². The number of fused-ring (bicyclic) bond motifs is 1. The van der Waals surface area contributed by atoms with E-state index in [1.807, 2.05) is 0 Å². The Morgan fingerprint density at radius 2 is 1.03 bits per heavy atom. The number of benzene rings is 1. The molecule has 0 atom stereocenters. The van der Waals surface area contributed by atoms with Gasteiger partial charge in [0.2, 0.25) is 0 Å². The van der Waals surface area contributed by atoms with E-state index in [1.54, 1.807) is 0 Å². The molecule has 0 N–H and O–H groups in total. The van der Waals surface area contributed by atoms with E-state index >= 15 is 0 Å². The third-order valence-electron chi connectivity index (χ3n) is 5.40. The number of carbonyl (C=O) groups is 2. The van der Waals surface area contributed by atoms with Gasteiger partial charge in [-0.1, -0.05) is 12.1 Å². The van der Waals surface area contributed by atoms with Crippen LogP contribution in [0.2, 0.25) is 0 Å². The van der Waals surface area contributed by atoms with E-state index in [1.165, 1.54) is 13.8 Å². The summed E-state index contributed by atoms with van der Waals surface area (Å²) in [7, 11) is 0. The minimum absolute atomic E-state index is 0.00832. The van der Waals surface area contributed by atoms with Crippen molar-refractivity contribution >= 4 is 11.6 Å². The molecule has 0 saturated carbocycles. The number of alkyl halides is 13. The summed E-state index contributed by atoms with van der Waals surface area (Å²) in [6, 6.07) is 1.71. The van der Waals surface area contributed by atoms with Crippen LogP contribution in [-0.4, -0.2) is 47.4 Å². The van der Waals surface area contributed by atoms with Crippen LogP contribution in [0.3, 0.4) is 0 Å². The van der Waals surface area contributed by atoms with Gasteiger partial charge in [0, 0.05) is 16.7 Å². The van der Waals surface area contributed by atoms with E-state index in [9.17, 15) is 66.7 Å². The zero-order chi connectivity index (χ0) is 27.0. The summed E-state index contributed by atoms with van der Waals surface area (Å²) in [6.45, 7) is 2.87. The fourth-order valence-electron chi connectivity index (χ4n) is 3.21. The molecular formula is C19H11F13O2. The molecule has 15 heteroatoms. The highest BCUT2D eigenvalue weighted by atomic mass is 19.4. The standard InChI is InChI=1S/C19H11F13O2/c1-6-4-5-9-10(7(6)2)12(33)8(3)11(13(9)34)14(20,21)15(22,23)16(24,25)17(26,27)18(28,29)19(30,31)32/h4-5H,1-3H3. The SMILES string of the molecule is CC1=C(C(F)(F)C(F)(F)C(F)(F)C(F)(F)C(F)(F)C(F)(F)F)C(=O)c2ccc(C)c(C)c2C1=O. The topological polar surface area (TPSA) is 34.1 Å². The monoisotopic (exact) mass is 518 g/mol. The van der Waals surface area contributed by atoms with Crippen molar-refractivity contribution in [2.45, 2.75) is 56.6 Å². The molecule has 1 aliphatic carbocycles. The molecule has 0 fully saturated rings. The fourth-order valence-corrected chi connectivity index (χ4v) is 3.21. The van der Waals surface area contributed by atoms with Gasteiger partial charge >= 0.3 is 35.8 Å². The van der Waals surface area contributed by atoms with Crippen LogP contribution in [0.25, 0.3) is 0 Å². The number of allylic oxidation sites excluding steroid dienone is 2. The van der Waals surface area contributed by atoms with Crippen molar-refractivity contribution in [3.63, 3.8) is 0 Å². The Morgan fingerprint density at radius 1 is 0.588 bits per heavy atom. The Labute approximate surface area is 181 Å². The van der Waals surface area contributed by atoms with Crippen LogP contribution in [0.4, 0.5) is 57.1 Å². The summed E-state index contributed by atoms with van der Waals surface area (Å²) in [5.41, 5.74) is -5.67. The third kappa shape index (κ3) is 3.25. The van der Waals surface area contributed by atoms with Crippen LogP contribution in [0, 0.1) is 13.8 Å². The number of ketones is 2. The van der Waals surface area contributed by atoms with Gasteiger partial charge < -0.3 is 0 Å². The van der Waals surface area contributed by atoms with Gasteiger partial charge in [0.15, 0.2) is 11.6 Å². The Hall–Kier alpha value is -2.61. The molecule has 0 amide bonds. The summed E-state index contributed by atoms with van der Waals surface area (Å²) >= 11 is 0. The van der Waals surface area contributed by atoms with Crippen LogP contribution in [0.15, 0.2) is 23.3 Å². The normalized spacial score (nSPS) is 16.8. The molecule has 0 aromatic heterocycles. The lowest BCUT2D eigenvalue weighted by molar-refractivity contribution is -0.436. The van der Waals surface area contributed by atoms with Gasteiger partial charge in [-0.15, -0.1) is 0 Å². The first kappa shape index (κ1) is 27.6. The van der Waals surface area contributed by atoms with Crippen LogP contribution in [0.5, 0.6) is 0 Å². The second-order valence-electron chi connectivity index (χ2n) is 7.46. The van der Waals surface area contributed by atoms with Crippen molar-refractivity contribution in [3.8, 4) is 0 Å². The molecule has 0 heterocycles. The van der Waals surface area contributed by atoms with Crippen LogP contribution >= 0.6 is 0 Å². The maximum atomic E-state index is 14.6.